The number of nitrogen functional groups attached to an aromatic ring is 1. The van der Waals surface area contributed by atoms with Gasteiger partial charge in [0.1, 0.15) is 5.60 Å². The molecule has 0 unspecified atom stereocenters. The Morgan fingerprint density at radius 1 is 1.32 bits per heavy atom. The summed E-state index contributed by atoms with van der Waals surface area (Å²) in [5.41, 5.74) is 6.90. The van der Waals surface area contributed by atoms with Gasteiger partial charge in [-0.3, -0.25) is 0 Å². The van der Waals surface area contributed by atoms with Crippen molar-refractivity contribution in [1.82, 2.24) is 9.78 Å². The van der Waals surface area contributed by atoms with Crippen molar-refractivity contribution >= 4 is 11.7 Å². The largest absolute Gasteiger partial charge is 0.455 e. The molecule has 0 spiro atoms. The van der Waals surface area contributed by atoms with Gasteiger partial charge in [0, 0.05) is 11.9 Å². The summed E-state index contributed by atoms with van der Waals surface area (Å²) in [6.45, 7) is 5.46. The molecule has 0 saturated heterocycles. The van der Waals surface area contributed by atoms with E-state index >= 15 is 0 Å². The van der Waals surface area contributed by atoms with Gasteiger partial charge in [-0.05, 0) is 45.0 Å². The van der Waals surface area contributed by atoms with E-state index in [0.29, 0.717) is 5.69 Å². The second kappa shape index (κ2) is 4.76. The number of aromatic nitrogens is 2. The number of esters is 1. The maximum absolute atomic E-state index is 11.8. The zero-order valence-corrected chi connectivity index (χ0v) is 11.3. The van der Waals surface area contributed by atoms with Crippen LogP contribution in [0.5, 0.6) is 0 Å². The van der Waals surface area contributed by atoms with Crippen LogP contribution in [0.4, 0.5) is 5.69 Å². The van der Waals surface area contributed by atoms with Gasteiger partial charge in [-0.1, -0.05) is 6.07 Å². The van der Waals surface area contributed by atoms with E-state index < -0.39 is 11.6 Å². The van der Waals surface area contributed by atoms with Crippen molar-refractivity contribution in [2.24, 2.45) is 0 Å². The third-order valence-corrected chi connectivity index (χ3v) is 2.33. The van der Waals surface area contributed by atoms with Gasteiger partial charge in [0.05, 0.1) is 5.69 Å². The van der Waals surface area contributed by atoms with E-state index in [4.69, 9.17) is 10.5 Å². The molecule has 1 aromatic carbocycles. The first-order valence-electron chi connectivity index (χ1n) is 6.00. The molecular formula is C14H17N3O2. The van der Waals surface area contributed by atoms with E-state index in [2.05, 4.69) is 5.10 Å². The fourth-order valence-corrected chi connectivity index (χ4v) is 1.57. The summed E-state index contributed by atoms with van der Waals surface area (Å²) in [5.74, 6) is -0.435. The molecule has 2 rings (SSSR count). The monoisotopic (exact) mass is 259 g/mol. The molecule has 100 valence electrons. The van der Waals surface area contributed by atoms with Crippen LogP contribution in [-0.2, 0) is 4.74 Å². The highest BCUT2D eigenvalue weighted by molar-refractivity contribution is 5.87. The van der Waals surface area contributed by atoms with Crippen LogP contribution in [0.3, 0.4) is 0 Å². The number of rotatable bonds is 2. The second-order valence-corrected chi connectivity index (χ2v) is 5.24. The molecular weight excluding hydrogens is 242 g/mol. The summed E-state index contributed by atoms with van der Waals surface area (Å²) in [6.07, 6.45) is 1.70. The van der Waals surface area contributed by atoms with E-state index in [1.807, 2.05) is 32.9 Å². The van der Waals surface area contributed by atoms with E-state index in [0.717, 1.165) is 5.69 Å². The molecule has 0 aliphatic heterocycles. The molecule has 0 aliphatic rings. The number of anilines is 1. The lowest BCUT2D eigenvalue weighted by Crippen LogP contribution is -2.24. The molecule has 0 saturated carbocycles. The Kier molecular flexibility index (Phi) is 3.29. The predicted molar refractivity (Wildman–Crippen MR) is 73.1 cm³/mol. The van der Waals surface area contributed by atoms with Crippen molar-refractivity contribution in [2.45, 2.75) is 26.4 Å². The number of nitrogens with zero attached hydrogens (tertiary/aromatic N) is 2. The lowest BCUT2D eigenvalue weighted by atomic mass is 10.2. The Morgan fingerprint density at radius 2 is 2.05 bits per heavy atom. The van der Waals surface area contributed by atoms with E-state index in [-0.39, 0.29) is 5.69 Å². The Labute approximate surface area is 112 Å². The number of ether oxygens (including phenoxy) is 1. The third-order valence-electron chi connectivity index (χ3n) is 2.33. The fraction of sp³-hybridized carbons (Fsp3) is 0.286. The number of carbonyl (C=O) groups excluding carboxylic acids is 1. The first kappa shape index (κ1) is 13.1. The zero-order valence-electron chi connectivity index (χ0n) is 11.3. The van der Waals surface area contributed by atoms with Gasteiger partial charge in [-0.2, -0.15) is 5.10 Å². The zero-order chi connectivity index (χ0) is 14.0. The molecule has 0 radical (unpaired) electrons. The van der Waals surface area contributed by atoms with Crippen molar-refractivity contribution in [3.05, 3.63) is 42.2 Å². The second-order valence-electron chi connectivity index (χ2n) is 5.24. The van der Waals surface area contributed by atoms with Gasteiger partial charge < -0.3 is 10.5 Å². The van der Waals surface area contributed by atoms with Crippen LogP contribution in [0.1, 0.15) is 31.3 Å². The topological polar surface area (TPSA) is 70.1 Å². The smallest absolute Gasteiger partial charge is 0.359 e. The molecule has 0 atom stereocenters. The number of carbonyl (C=O) groups is 1. The van der Waals surface area contributed by atoms with Gasteiger partial charge in [-0.15, -0.1) is 0 Å². The fourth-order valence-electron chi connectivity index (χ4n) is 1.57. The van der Waals surface area contributed by atoms with Gasteiger partial charge in [-0.25, -0.2) is 9.48 Å². The SMILES string of the molecule is CC(C)(C)OC(=O)c1ccn(-c2cccc(N)c2)n1. The Balaban J connectivity index is 2.22. The van der Waals surface area contributed by atoms with Crippen LogP contribution in [-0.4, -0.2) is 21.4 Å². The quantitative estimate of drug-likeness (QED) is 0.664. The third kappa shape index (κ3) is 3.34. The van der Waals surface area contributed by atoms with E-state index in [1.165, 1.54) is 0 Å². The van der Waals surface area contributed by atoms with Gasteiger partial charge in [0.25, 0.3) is 0 Å². The Bertz CT molecular complexity index is 597. The lowest BCUT2D eigenvalue weighted by Gasteiger charge is -2.18. The van der Waals surface area contributed by atoms with E-state index in [9.17, 15) is 4.79 Å². The summed E-state index contributed by atoms with van der Waals surface area (Å²) in [5, 5.41) is 4.19. The first-order chi connectivity index (χ1) is 8.85. The Hall–Kier alpha value is -2.30. The maximum atomic E-state index is 11.8. The molecule has 2 N–H and O–H groups in total. The number of nitrogens with two attached hydrogens (primary N) is 1. The molecule has 2 aromatic rings. The molecule has 5 nitrogen and oxygen atoms in total. The van der Waals surface area contributed by atoms with Crippen LogP contribution >= 0.6 is 0 Å². The van der Waals surface area contributed by atoms with Crippen molar-refractivity contribution in [2.75, 3.05) is 5.73 Å². The summed E-state index contributed by atoms with van der Waals surface area (Å²) in [6, 6.07) is 8.90. The molecule has 19 heavy (non-hydrogen) atoms. The van der Waals surface area contributed by atoms with Gasteiger partial charge in [0.15, 0.2) is 5.69 Å². The average molecular weight is 259 g/mol. The van der Waals surface area contributed by atoms with Crippen molar-refractivity contribution in [3.63, 3.8) is 0 Å². The molecule has 0 bridgehead atoms. The molecule has 1 heterocycles. The van der Waals surface area contributed by atoms with E-state index in [1.54, 1.807) is 29.1 Å². The highest BCUT2D eigenvalue weighted by Gasteiger charge is 2.19. The normalized spacial score (nSPS) is 11.3. The van der Waals surface area contributed by atoms with Crippen molar-refractivity contribution in [3.8, 4) is 5.69 Å². The number of hydrogen-bond donors (Lipinski definition) is 1. The van der Waals surface area contributed by atoms with Crippen LogP contribution in [0, 0.1) is 0 Å². The van der Waals surface area contributed by atoms with Crippen LogP contribution in [0.25, 0.3) is 5.69 Å². The van der Waals surface area contributed by atoms with Crippen LogP contribution < -0.4 is 5.73 Å². The maximum Gasteiger partial charge on any atom is 0.359 e. The van der Waals surface area contributed by atoms with Crippen LogP contribution in [0.2, 0.25) is 0 Å². The van der Waals surface area contributed by atoms with Crippen molar-refractivity contribution < 1.29 is 9.53 Å². The molecule has 0 fully saturated rings. The number of benzene rings is 1. The van der Waals surface area contributed by atoms with Gasteiger partial charge in [0.2, 0.25) is 0 Å². The molecule has 0 amide bonds. The molecule has 1 aromatic heterocycles. The first-order valence-corrected chi connectivity index (χ1v) is 6.00. The summed E-state index contributed by atoms with van der Waals surface area (Å²) in [7, 11) is 0. The van der Waals surface area contributed by atoms with Crippen LogP contribution in [0.15, 0.2) is 36.5 Å². The summed E-state index contributed by atoms with van der Waals surface area (Å²) in [4.78, 5) is 11.8. The number of hydrogen-bond acceptors (Lipinski definition) is 4. The minimum Gasteiger partial charge on any atom is -0.455 e. The van der Waals surface area contributed by atoms with Gasteiger partial charge >= 0.3 is 5.97 Å². The standard InChI is InChI=1S/C14H17N3O2/c1-14(2,3)19-13(18)12-7-8-17(16-12)11-6-4-5-10(15)9-11/h4-9H,15H2,1-3H3. The molecule has 5 heteroatoms. The minimum absolute atomic E-state index is 0.275. The summed E-state index contributed by atoms with van der Waals surface area (Å²) >= 11 is 0. The molecule has 0 aliphatic carbocycles. The highest BCUT2D eigenvalue weighted by atomic mass is 16.6. The Morgan fingerprint density at radius 3 is 2.68 bits per heavy atom. The predicted octanol–water partition coefficient (Wildman–Crippen LogP) is 2.41. The average Bonchev–Trinajstić information content (AvgIpc) is 2.75. The lowest BCUT2D eigenvalue weighted by molar-refractivity contribution is 0.00624. The minimum atomic E-state index is -0.530. The highest BCUT2D eigenvalue weighted by Crippen LogP contribution is 2.14. The van der Waals surface area contributed by atoms with Crippen molar-refractivity contribution in [1.29, 1.82) is 0 Å². The summed E-state index contributed by atoms with van der Waals surface area (Å²) < 4.78 is 6.85.